The fourth-order valence-electron chi connectivity index (χ4n) is 2.53. The number of terminal acetylenes is 2. The van der Waals surface area contributed by atoms with Gasteiger partial charge >= 0.3 is 0 Å². The maximum atomic E-state index is 6.02. The van der Waals surface area contributed by atoms with Crippen LogP contribution in [0.25, 0.3) is 0 Å². The highest BCUT2D eigenvalue weighted by atomic mass is 16.5. The Morgan fingerprint density at radius 1 is 0.593 bits per heavy atom. The number of hydrogen-bond donors (Lipinski definition) is 0. The fourth-order valence-corrected chi connectivity index (χ4v) is 2.53. The first-order chi connectivity index (χ1) is 13.1. The third-order valence-corrected chi connectivity index (χ3v) is 3.93. The third-order valence-electron chi connectivity index (χ3n) is 3.93. The Morgan fingerprint density at radius 3 is 1.11 bits per heavy atom. The summed E-state index contributed by atoms with van der Waals surface area (Å²) in [6.45, 7) is 0. The van der Waals surface area contributed by atoms with Gasteiger partial charge in [-0.2, -0.15) is 0 Å². The first kappa shape index (κ1) is 20.0. The smallest absolute Gasteiger partial charge is 0.145 e. The molecule has 0 amide bonds. The van der Waals surface area contributed by atoms with Gasteiger partial charge in [0.05, 0.1) is 28.4 Å². The van der Waals surface area contributed by atoms with Crippen LogP contribution in [0, 0.1) is 24.7 Å². The van der Waals surface area contributed by atoms with Gasteiger partial charge in [-0.05, 0) is 24.3 Å². The Hall–Kier alpha value is -3.28. The van der Waals surface area contributed by atoms with E-state index in [1.807, 2.05) is 0 Å². The van der Waals surface area contributed by atoms with Crippen LogP contribution in [0.4, 0.5) is 0 Å². The van der Waals surface area contributed by atoms with E-state index in [0.717, 1.165) is 0 Å². The van der Waals surface area contributed by atoms with Gasteiger partial charge in [0.1, 0.15) is 35.2 Å². The van der Waals surface area contributed by atoms with E-state index in [9.17, 15) is 0 Å². The normalized spacial score (nSPS) is 12.2. The summed E-state index contributed by atoms with van der Waals surface area (Å²) < 4.78 is 27.2. The molecule has 0 heterocycles. The molecule has 2 aromatic rings. The molecule has 0 N–H and O–H groups in total. The summed E-state index contributed by atoms with van der Waals surface area (Å²) in [6, 6.07) is 10.6. The minimum Gasteiger partial charge on any atom is -0.497 e. The molecule has 27 heavy (non-hydrogen) atoms. The molecule has 0 aliphatic rings. The molecule has 2 unspecified atom stereocenters. The quantitative estimate of drug-likeness (QED) is 0.665. The molecule has 2 atom stereocenters. The number of rotatable bonds is 8. The lowest BCUT2D eigenvalue weighted by Gasteiger charge is -2.20. The van der Waals surface area contributed by atoms with Crippen LogP contribution in [0.3, 0.4) is 0 Å². The molecule has 0 saturated heterocycles. The van der Waals surface area contributed by atoms with E-state index in [1.54, 1.807) is 64.8 Å². The lowest BCUT2D eigenvalue weighted by Crippen LogP contribution is -2.09. The Balaban J connectivity index is 2.37. The van der Waals surface area contributed by atoms with Crippen molar-refractivity contribution in [1.29, 1.82) is 0 Å². The molecule has 5 nitrogen and oxygen atoms in total. The summed E-state index contributed by atoms with van der Waals surface area (Å²) in [4.78, 5) is 0. The Labute approximate surface area is 160 Å². The molecule has 0 fully saturated rings. The molecule has 5 heteroatoms. The van der Waals surface area contributed by atoms with E-state index in [2.05, 4.69) is 11.8 Å². The van der Waals surface area contributed by atoms with Crippen LogP contribution >= 0.6 is 0 Å². The maximum Gasteiger partial charge on any atom is 0.145 e. The predicted octanol–water partition coefficient (Wildman–Crippen LogP) is 3.79. The van der Waals surface area contributed by atoms with Crippen LogP contribution in [0.5, 0.6) is 23.0 Å². The SMILES string of the molecule is C#CC(OC(C#C)c1cc(OC)cc(OC)c1)c1cc(OC)cc(OC)c1. The number of benzene rings is 2. The number of hydrogen-bond acceptors (Lipinski definition) is 5. The van der Waals surface area contributed by atoms with Gasteiger partial charge < -0.3 is 23.7 Å². The lowest BCUT2D eigenvalue weighted by molar-refractivity contribution is 0.0511. The average molecular weight is 366 g/mol. The van der Waals surface area contributed by atoms with Gasteiger partial charge in [-0.15, -0.1) is 12.8 Å². The summed E-state index contributed by atoms with van der Waals surface area (Å²) in [5.74, 6) is 7.66. The highest BCUT2D eigenvalue weighted by Crippen LogP contribution is 2.33. The van der Waals surface area contributed by atoms with Gasteiger partial charge in [0.2, 0.25) is 0 Å². The van der Waals surface area contributed by atoms with Gasteiger partial charge in [0.15, 0.2) is 0 Å². The molecule has 0 radical (unpaired) electrons. The van der Waals surface area contributed by atoms with Crippen molar-refractivity contribution in [2.75, 3.05) is 28.4 Å². The topological polar surface area (TPSA) is 46.2 Å². The average Bonchev–Trinajstić information content (AvgIpc) is 2.73. The molecule has 2 rings (SSSR count). The molecule has 0 aliphatic heterocycles. The van der Waals surface area contributed by atoms with Crippen LogP contribution in [-0.4, -0.2) is 28.4 Å². The molecular formula is C22H22O5. The summed E-state index contributed by atoms with van der Waals surface area (Å²) >= 11 is 0. The van der Waals surface area contributed by atoms with Gasteiger partial charge in [-0.25, -0.2) is 0 Å². The highest BCUT2D eigenvalue weighted by Gasteiger charge is 2.20. The van der Waals surface area contributed by atoms with Crippen molar-refractivity contribution in [1.82, 2.24) is 0 Å². The maximum absolute atomic E-state index is 6.02. The highest BCUT2D eigenvalue weighted by molar-refractivity contribution is 5.43. The molecule has 0 aliphatic carbocycles. The van der Waals surface area contributed by atoms with Crippen LogP contribution in [0.2, 0.25) is 0 Å². The fraction of sp³-hybridized carbons (Fsp3) is 0.273. The molecule has 0 bridgehead atoms. The minimum absolute atomic E-state index is 0.605. The predicted molar refractivity (Wildman–Crippen MR) is 103 cm³/mol. The molecule has 140 valence electrons. The van der Waals surface area contributed by atoms with Gasteiger partial charge in [-0.3, -0.25) is 0 Å². The second kappa shape index (κ2) is 9.43. The van der Waals surface area contributed by atoms with Crippen LogP contribution < -0.4 is 18.9 Å². The Bertz CT molecular complexity index is 744. The van der Waals surface area contributed by atoms with E-state index in [4.69, 9.17) is 36.5 Å². The number of methoxy groups -OCH3 is 4. The lowest BCUT2D eigenvalue weighted by atomic mass is 10.1. The van der Waals surface area contributed by atoms with E-state index in [0.29, 0.717) is 34.1 Å². The summed E-state index contributed by atoms with van der Waals surface area (Å²) in [5, 5.41) is 0. The zero-order chi connectivity index (χ0) is 19.8. The van der Waals surface area contributed by atoms with E-state index in [-0.39, 0.29) is 0 Å². The van der Waals surface area contributed by atoms with Crippen molar-refractivity contribution in [3.05, 3.63) is 47.5 Å². The van der Waals surface area contributed by atoms with Crippen molar-refractivity contribution in [2.24, 2.45) is 0 Å². The third kappa shape index (κ3) is 4.88. The van der Waals surface area contributed by atoms with Crippen molar-refractivity contribution < 1.29 is 23.7 Å². The monoisotopic (exact) mass is 366 g/mol. The van der Waals surface area contributed by atoms with Crippen LogP contribution in [0.15, 0.2) is 36.4 Å². The van der Waals surface area contributed by atoms with Crippen molar-refractivity contribution in [3.63, 3.8) is 0 Å². The van der Waals surface area contributed by atoms with Crippen molar-refractivity contribution in [2.45, 2.75) is 12.2 Å². The Kier molecular flexibility index (Phi) is 7.00. The molecule has 0 aromatic heterocycles. The zero-order valence-electron chi connectivity index (χ0n) is 15.8. The van der Waals surface area contributed by atoms with Crippen LogP contribution in [-0.2, 0) is 4.74 Å². The van der Waals surface area contributed by atoms with Gasteiger partial charge in [-0.1, -0.05) is 11.8 Å². The van der Waals surface area contributed by atoms with E-state index >= 15 is 0 Å². The van der Waals surface area contributed by atoms with Gasteiger partial charge in [0, 0.05) is 23.3 Å². The Morgan fingerprint density at radius 2 is 0.889 bits per heavy atom. The largest absolute Gasteiger partial charge is 0.497 e. The number of ether oxygens (including phenoxy) is 5. The van der Waals surface area contributed by atoms with E-state index in [1.165, 1.54) is 0 Å². The second-order valence-corrected chi connectivity index (χ2v) is 5.52. The van der Waals surface area contributed by atoms with E-state index < -0.39 is 12.2 Å². The molecule has 0 saturated carbocycles. The zero-order valence-corrected chi connectivity index (χ0v) is 15.8. The first-order valence-corrected chi connectivity index (χ1v) is 8.12. The molecule has 0 spiro atoms. The minimum atomic E-state index is -0.702. The van der Waals surface area contributed by atoms with Crippen LogP contribution in [0.1, 0.15) is 23.3 Å². The summed E-state index contributed by atoms with van der Waals surface area (Å²) in [5.41, 5.74) is 1.40. The standard InChI is InChI=1S/C22H22O5/c1-7-21(15-9-17(23-3)13-18(10-15)24-4)27-22(8-2)16-11-19(25-5)14-20(12-16)26-6/h1-2,9-14,21-22H,3-6H3. The second-order valence-electron chi connectivity index (χ2n) is 5.52. The summed E-state index contributed by atoms with van der Waals surface area (Å²) in [6.07, 6.45) is 10.0. The molecule has 2 aromatic carbocycles. The summed E-state index contributed by atoms with van der Waals surface area (Å²) in [7, 11) is 6.27. The first-order valence-electron chi connectivity index (χ1n) is 8.12. The van der Waals surface area contributed by atoms with Gasteiger partial charge in [0.25, 0.3) is 0 Å². The van der Waals surface area contributed by atoms with Crippen molar-refractivity contribution in [3.8, 4) is 47.7 Å². The van der Waals surface area contributed by atoms with Crippen molar-refractivity contribution >= 4 is 0 Å². The molecular weight excluding hydrogens is 344 g/mol.